The van der Waals surface area contributed by atoms with E-state index in [1.165, 1.54) is 16.9 Å². The minimum absolute atomic E-state index is 0.418. The van der Waals surface area contributed by atoms with Gasteiger partial charge in [0.1, 0.15) is 5.82 Å². The molecule has 7 nitrogen and oxygen atoms in total. The third-order valence-corrected chi connectivity index (χ3v) is 5.64. The van der Waals surface area contributed by atoms with Gasteiger partial charge in [-0.1, -0.05) is 11.6 Å². The maximum Gasteiger partial charge on any atom is 0.171 e. The number of fused-ring (bicyclic) bond motifs is 1. The standard InChI is InChI=1S/C18H18ClN7S/c19-15-9-8-14(27-15)18-23-13-3-1-2-12(13)17(24-18)22-11-6-4-10(5-7-11)16(25-20)26-21/h4-9H,1-3,20-21H2,(H,25,26)(H,22,23,24). The number of hydrogen-bond acceptors (Lipinski definition) is 7. The fourth-order valence-corrected chi connectivity index (χ4v) is 4.10. The summed E-state index contributed by atoms with van der Waals surface area (Å²) in [5.74, 6) is 12.7. The van der Waals surface area contributed by atoms with Crippen molar-refractivity contribution < 1.29 is 0 Å². The zero-order chi connectivity index (χ0) is 18.8. The molecule has 0 radical (unpaired) electrons. The van der Waals surface area contributed by atoms with Gasteiger partial charge in [0.2, 0.25) is 0 Å². The predicted molar refractivity (Wildman–Crippen MR) is 110 cm³/mol. The van der Waals surface area contributed by atoms with Crippen LogP contribution in [0.5, 0.6) is 0 Å². The Bertz CT molecular complexity index is 997. The van der Waals surface area contributed by atoms with Crippen LogP contribution in [0.2, 0.25) is 4.34 Å². The van der Waals surface area contributed by atoms with Crippen molar-refractivity contribution in [2.75, 3.05) is 5.32 Å². The first-order valence-corrected chi connectivity index (χ1v) is 9.65. The molecule has 0 amide bonds. The van der Waals surface area contributed by atoms with Gasteiger partial charge in [0.15, 0.2) is 11.7 Å². The molecule has 0 saturated carbocycles. The Balaban J connectivity index is 1.66. The van der Waals surface area contributed by atoms with Crippen LogP contribution in [0, 0.1) is 0 Å². The van der Waals surface area contributed by atoms with Crippen LogP contribution in [-0.2, 0) is 12.8 Å². The van der Waals surface area contributed by atoms with E-state index in [4.69, 9.17) is 33.3 Å². The van der Waals surface area contributed by atoms with Crippen LogP contribution in [0.4, 0.5) is 11.5 Å². The number of hydrogen-bond donors (Lipinski definition) is 4. The molecule has 0 aliphatic heterocycles. The number of hydrazone groups is 1. The van der Waals surface area contributed by atoms with Crippen molar-refractivity contribution in [1.29, 1.82) is 0 Å². The molecule has 0 bridgehead atoms. The van der Waals surface area contributed by atoms with Gasteiger partial charge in [0.05, 0.1) is 9.21 Å². The molecule has 6 N–H and O–H groups in total. The fourth-order valence-electron chi connectivity index (χ4n) is 3.12. The van der Waals surface area contributed by atoms with Gasteiger partial charge in [0.25, 0.3) is 0 Å². The molecule has 0 saturated heterocycles. The summed E-state index contributed by atoms with van der Waals surface area (Å²) in [6.45, 7) is 0. The summed E-state index contributed by atoms with van der Waals surface area (Å²) in [5.41, 5.74) is 6.47. The molecule has 1 aliphatic rings. The minimum Gasteiger partial charge on any atom is -0.340 e. The van der Waals surface area contributed by atoms with Crippen molar-refractivity contribution in [1.82, 2.24) is 15.4 Å². The zero-order valence-corrected chi connectivity index (χ0v) is 15.9. The fraction of sp³-hybridized carbons (Fsp3) is 0.167. The van der Waals surface area contributed by atoms with Gasteiger partial charge in [0, 0.05) is 22.5 Å². The number of nitrogens with one attached hydrogen (secondary N) is 2. The van der Waals surface area contributed by atoms with E-state index < -0.39 is 0 Å². The molecule has 2 aromatic heterocycles. The average Bonchev–Trinajstić information content (AvgIpc) is 3.33. The van der Waals surface area contributed by atoms with Crippen molar-refractivity contribution in [3.8, 4) is 10.7 Å². The Morgan fingerprint density at radius 3 is 2.59 bits per heavy atom. The van der Waals surface area contributed by atoms with E-state index in [0.717, 1.165) is 51.2 Å². The van der Waals surface area contributed by atoms with Gasteiger partial charge in [-0.2, -0.15) is 5.10 Å². The number of rotatable bonds is 4. The highest BCUT2D eigenvalue weighted by atomic mass is 35.5. The van der Waals surface area contributed by atoms with Crippen molar-refractivity contribution in [3.63, 3.8) is 0 Å². The SMILES string of the molecule is N/N=C(\NN)c1ccc(Nc2nc(-c3ccc(Cl)s3)nc3c2CCC3)cc1. The zero-order valence-electron chi connectivity index (χ0n) is 14.4. The first-order chi connectivity index (χ1) is 13.2. The number of aryl methyl sites for hydroxylation is 1. The lowest BCUT2D eigenvalue weighted by atomic mass is 10.2. The molecule has 1 aliphatic carbocycles. The van der Waals surface area contributed by atoms with Crippen molar-refractivity contribution in [2.24, 2.45) is 16.8 Å². The number of thiophene rings is 1. The number of aromatic nitrogens is 2. The maximum absolute atomic E-state index is 6.08. The molecule has 0 fully saturated rings. The van der Waals surface area contributed by atoms with Crippen molar-refractivity contribution in [3.05, 3.63) is 57.6 Å². The molecule has 0 atom stereocenters. The Kier molecular flexibility index (Phi) is 4.93. The Morgan fingerprint density at radius 1 is 1.11 bits per heavy atom. The predicted octanol–water partition coefficient (Wildman–Crippen LogP) is 3.17. The van der Waals surface area contributed by atoms with Crippen molar-refractivity contribution >= 4 is 40.3 Å². The lowest BCUT2D eigenvalue weighted by molar-refractivity contribution is 0.900. The van der Waals surface area contributed by atoms with Gasteiger partial charge in [-0.05, 0) is 55.7 Å². The number of nitrogens with zero attached hydrogens (tertiary/aromatic N) is 3. The lowest BCUT2D eigenvalue weighted by Gasteiger charge is -2.12. The highest BCUT2D eigenvalue weighted by Crippen LogP contribution is 2.34. The first kappa shape index (κ1) is 17.7. The van der Waals surface area contributed by atoms with Gasteiger partial charge in [-0.3, -0.25) is 0 Å². The van der Waals surface area contributed by atoms with Gasteiger partial charge >= 0.3 is 0 Å². The molecular weight excluding hydrogens is 382 g/mol. The number of anilines is 2. The van der Waals surface area contributed by atoms with Crippen LogP contribution >= 0.6 is 22.9 Å². The Labute approximate surface area is 165 Å². The summed E-state index contributed by atoms with van der Waals surface area (Å²) in [6, 6.07) is 11.5. The van der Waals surface area contributed by atoms with E-state index in [2.05, 4.69) is 15.8 Å². The molecule has 1 aromatic carbocycles. The first-order valence-electron chi connectivity index (χ1n) is 8.45. The second-order valence-corrected chi connectivity index (χ2v) is 7.82. The molecule has 2 heterocycles. The monoisotopic (exact) mass is 399 g/mol. The van der Waals surface area contributed by atoms with E-state index in [-0.39, 0.29) is 0 Å². The van der Waals surface area contributed by atoms with Crippen LogP contribution < -0.4 is 22.4 Å². The van der Waals surface area contributed by atoms with Crippen molar-refractivity contribution in [2.45, 2.75) is 19.3 Å². The summed E-state index contributed by atoms with van der Waals surface area (Å²) in [5, 5.41) is 7.04. The van der Waals surface area contributed by atoms with E-state index in [0.29, 0.717) is 11.7 Å². The second kappa shape index (κ2) is 7.51. The summed E-state index contributed by atoms with van der Waals surface area (Å²) in [6.07, 6.45) is 3.03. The number of halogens is 1. The number of amidine groups is 1. The number of nitrogens with two attached hydrogens (primary N) is 2. The van der Waals surface area contributed by atoms with Crippen LogP contribution in [0.3, 0.4) is 0 Å². The molecule has 138 valence electrons. The molecule has 0 unspecified atom stereocenters. The largest absolute Gasteiger partial charge is 0.340 e. The Morgan fingerprint density at radius 2 is 1.93 bits per heavy atom. The molecule has 0 spiro atoms. The van der Waals surface area contributed by atoms with E-state index in [1.54, 1.807) is 0 Å². The van der Waals surface area contributed by atoms with Crippen LogP contribution in [-0.4, -0.2) is 15.8 Å². The molecular formula is C18H18ClN7S. The number of hydrazine groups is 1. The second-order valence-electron chi connectivity index (χ2n) is 6.10. The van der Waals surface area contributed by atoms with E-state index in [1.807, 2.05) is 36.4 Å². The number of benzene rings is 1. The minimum atomic E-state index is 0.418. The highest BCUT2D eigenvalue weighted by molar-refractivity contribution is 7.19. The van der Waals surface area contributed by atoms with Gasteiger partial charge in [-0.15, -0.1) is 11.3 Å². The molecule has 9 heteroatoms. The van der Waals surface area contributed by atoms with Crippen LogP contribution in [0.15, 0.2) is 41.5 Å². The molecule has 3 aromatic rings. The molecule has 27 heavy (non-hydrogen) atoms. The lowest BCUT2D eigenvalue weighted by Crippen LogP contribution is -2.31. The van der Waals surface area contributed by atoms with Gasteiger partial charge < -0.3 is 16.6 Å². The topological polar surface area (TPSA) is 114 Å². The molecule has 4 rings (SSSR count). The maximum atomic E-state index is 6.08. The third kappa shape index (κ3) is 3.59. The smallest absolute Gasteiger partial charge is 0.171 e. The van der Waals surface area contributed by atoms with Crippen LogP contribution in [0.1, 0.15) is 23.2 Å². The van der Waals surface area contributed by atoms with Gasteiger partial charge in [-0.25, -0.2) is 15.8 Å². The van der Waals surface area contributed by atoms with Crippen LogP contribution in [0.25, 0.3) is 10.7 Å². The van der Waals surface area contributed by atoms with E-state index in [9.17, 15) is 0 Å². The summed E-state index contributed by atoms with van der Waals surface area (Å²) >= 11 is 7.56. The summed E-state index contributed by atoms with van der Waals surface area (Å²) < 4.78 is 0.727. The quantitative estimate of drug-likeness (QED) is 0.232. The third-order valence-electron chi connectivity index (χ3n) is 4.41. The highest BCUT2D eigenvalue weighted by Gasteiger charge is 2.20. The average molecular weight is 400 g/mol. The Hall–Kier alpha value is -2.68. The normalized spacial score (nSPS) is 13.5. The van der Waals surface area contributed by atoms with E-state index >= 15 is 0 Å². The summed E-state index contributed by atoms with van der Waals surface area (Å²) in [4.78, 5) is 10.5. The summed E-state index contributed by atoms with van der Waals surface area (Å²) in [7, 11) is 0.